The quantitative estimate of drug-likeness (QED) is 0.871. The molecule has 0 aromatic heterocycles. The Labute approximate surface area is 149 Å². The first-order valence-corrected chi connectivity index (χ1v) is 8.37. The van der Waals surface area contributed by atoms with E-state index < -0.39 is 5.60 Å². The van der Waals surface area contributed by atoms with E-state index in [0.29, 0.717) is 11.1 Å². The lowest BCUT2D eigenvalue weighted by Crippen LogP contribution is -2.36. The molecule has 1 unspecified atom stereocenters. The van der Waals surface area contributed by atoms with Crippen molar-refractivity contribution in [2.75, 3.05) is 38.3 Å². The molecule has 3 rings (SSSR count). The van der Waals surface area contributed by atoms with Gasteiger partial charge in [-0.25, -0.2) is 0 Å². The van der Waals surface area contributed by atoms with Crippen LogP contribution in [0.5, 0.6) is 5.75 Å². The smallest absolute Gasteiger partial charge is 0.176 e. The number of ether oxygens (including phenoxy) is 2. The van der Waals surface area contributed by atoms with Gasteiger partial charge in [-0.15, -0.1) is 6.42 Å². The second kappa shape index (κ2) is 7.18. The largest absolute Gasteiger partial charge is 0.497 e. The number of anilines is 1. The second-order valence-corrected chi connectivity index (χ2v) is 6.18. The zero-order valence-electron chi connectivity index (χ0n) is 14.7. The lowest BCUT2D eigenvalue weighted by atomic mass is 9.84. The normalized spacial score (nSPS) is 16.8. The van der Waals surface area contributed by atoms with Gasteiger partial charge in [0.2, 0.25) is 0 Å². The first kappa shape index (κ1) is 17.3. The van der Waals surface area contributed by atoms with Crippen molar-refractivity contribution in [3.63, 3.8) is 0 Å². The summed E-state index contributed by atoms with van der Waals surface area (Å²) < 4.78 is 10.6. The molecule has 25 heavy (non-hydrogen) atoms. The molecule has 4 heteroatoms. The fourth-order valence-corrected chi connectivity index (χ4v) is 3.22. The topological polar surface area (TPSA) is 41.9 Å². The Hall–Kier alpha value is -2.48. The third kappa shape index (κ3) is 3.34. The summed E-state index contributed by atoms with van der Waals surface area (Å²) in [6.07, 6.45) is 5.73. The van der Waals surface area contributed by atoms with Crippen molar-refractivity contribution in [3.8, 4) is 18.1 Å². The van der Waals surface area contributed by atoms with Crippen LogP contribution in [0.2, 0.25) is 0 Å². The Morgan fingerprint density at radius 1 is 1.16 bits per heavy atom. The molecule has 0 radical (unpaired) electrons. The van der Waals surface area contributed by atoms with Crippen LogP contribution >= 0.6 is 0 Å². The molecule has 1 aliphatic rings. The summed E-state index contributed by atoms with van der Waals surface area (Å²) in [4.78, 5) is 2.26. The van der Waals surface area contributed by atoms with Crippen LogP contribution in [0.25, 0.3) is 0 Å². The number of terminal acetylenes is 1. The van der Waals surface area contributed by atoms with E-state index in [-0.39, 0.29) is 0 Å². The van der Waals surface area contributed by atoms with Crippen molar-refractivity contribution in [3.05, 3.63) is 59.2 Å². The average molecular weight is 337 g/mol. The van der Waals surface area contributed by atoms with Crippen molar-refractivity contribution < 1.29 is 14.6 Å². The highest BCUT2D eigenvalue weighted by Crippen LogP contribution is 2.34. The highest BCUT2D eigenvalue weighted by molar-refractivity contribution is 5.54. The molecular formula is C21H23NO3. The number of methoxy groups -OCH3 is 1. The maximum atomic E-state index is 11.2. The highest BCUT2D eigenvalue weighted by atomic mass is 16.5. The van der Waals surface area contributed by atoms with Crippen LogP contribution < -0.4 is 9.64 Å². The summed E-state index contributed by atoms with van der Waals surface area (Å²) in [7, 11) is 1.62. The lowest BCUT2D eigenvalue weighted by Gasteiger charge is -2.30. The van der Waals surface area contributed by atoms with Crippen LogP contribution in [0.1, 0.15) is 16.7 Å². The van der Waals surface area contributed by atoms with Gasteiger partial charge in [-0.1, -0.05) is 24.1 Å². The SMILES string of the molecule is C#CC(O)(c1ccc(N2CCOCC2)cc1)c1ccc(OC)cc1C. The zero-order chi connectivity index (χ0) is 17.9. The van der Waals surface area contributed by atoms with Crippen LogP contribution in [0.3, 0.4) is 0 Å². The number of nitrogens with zero attached hydrogens (tertiary/aromatic N) is 1. The van der Waals surface area contributed by atoms with Gasteiger partial charge in [0.05, 0.1) is 20.3 Å². The summed E-state index contributed by atoms with van der Waals surface area (Å²) in [5.74, 6) is 3.31. The third-order valence-corrected chi connectivity index (χ3v) is 4.69. The van der Waals surface area contributed by atoms with Gasteiger partial charge in [0.25, 0.3) is 0 Å². The molecule has 0 saturated carbocycles. The van der Waals surface area contributed by atoms with Gasteiger partial charge in [-0.3, -0.25) is 0 Å². The van der Waals surface area contributed by atoms with Crippen LogP contribution in [0, 0.1) is 19.3 Å². The summed E-state index contributed by atoms with van der Waals surface area (Å²) >= 11 is 0. The monoisotopic (exact) mass is 337 g/mol. The van der Waals surface area contributed by atoms with Gasteiger partial charge in [0, 0.05) is 29.9 Å². The number of aliphatic hydroxyl groups is 1. The Balaban J connectivity index is 1.93. The van der Waals surface area contributed by atoms with Crippen LogP contribution in [-0.4, -0.2) is 38.5 Å². The van der Waals surface area contributed by atoms with Crippen molar-refractivity contribution in [1.29, 1.82) is 0 Å². The second-order valence-electron chi connectivity index (χ2n) is 6.18. The van der Waals surface area contributed by atoms with Crippen molar-refractivity contribution >= 4 is 5.69 Å². The molecule has 1 aliphatic heterocycles. The van der Waals surface area contributed by atoms with E-state index >= 15 is 0 Å². The summed E-state index contributed by atoms with van der Waals surface area (Å²) in [5.41, 5.74) is 1.89. The molecule has 1 saturated heterocycles. The maximum Gasteiger partial charge on any atom is 0.176 e. The predicted octanol–water partition coefficient (Wildman–Crippen LogP) is 2.71. The molecule has 0 bridgehead atoms. The third-order valence-electron chi connectivity index (χ3n) is 4.69. The Bertz CT molecular complexity index is 773. The van der Waals surface area contributed by atoms with Gasteiger partial charge in [0.1, 0.15) is 5.75 Å². The van der Waals surface area contributed by atoms with Gasteiger partial charge in [0.15, 0.2) is 5.60 Å². The van der Waals surface area contributed by atoms with Crippen molar-refractivity contribution in [2.24, 2.45) is 0 Å². The number of rotatable bonds is 4. The fraction of sp³-hybridized carbons (Fsp3) is 0.333. The summed E-state index contributed by atoms with van der Waals surface area (Å²) in [5, 5.41) is 11.2. The highest BCUT2D eigenvalue weighted by Gasteiger charge is 2.31. The molecule has 1 heterocycles. The molecule has 1 N–H and O–H groups in total. The first-order valence-electron chi connectivity index (χ1n) is 8.37. The van der Waals surface area contributed by atoms with E-state index in [4.69, 9.17) is 15.9 Å². The molecular weight excluding hydrogens is 314 g/mol. The minimum absolute atomic E-state index is 0.681. The molecule has 130 valence electrons. The molecule has 1 atom stereocenters. The van der Waals surface area contributed by atoms with Crippen LogP contribution in [0.4, 0.5) is 5.69 Å². The zero-order valence-corrected chi connectivity index (χ0v) is 14.7. The molecule has 1 fully saturated rings. The number of aryl methyl sites for hydroxylation is 1. The molecule has 0 amide bonds. The molecule has 4 nitrogen and oxygen atoms in total. The Morgan fingerprint density at radius 2 is 1.84 bits per heavy atom. The number of hydrogen-bond acceptors (Lipinski definition) is 4. The fourth-order valence-electron chi connectivity index (χ4n) is 3.22. The number of benzene rings is 2. The van der Waals surface area contributed by atoms with Gasteiger partial charge >= 0.3 is 0 Å². The van der Waals surface area contributed by atoms with Crippen LogP contribution in [0.15, 0.2) is 42.5 Å². The predicted molar refractivity (Wildman–Crippen MR) is 99.0 cm³/mol. The van der Waals surface area contributed by atoms with E-state index in [1.165, 1.54) is 0 Å². The van der Waals surface area contributed by atoms with Gasteiger partial charge in [-0.2, -0.15) is 0 Å². The van der Waals surface area contributed by atoms with Gasteiger partial charge < -0.3 is 19.5 Å². The van der Waals surface area contributed by atoms with E-state index in [1.54, 1.807) is 7.11 Å². The average Bonchev–Trinajstić information content (AvgIpc) is 2.68. The standard InChI is InChI=1S/C21H23NO3/c1-4-21(23,20-10-9-19(24-3)15-16(20)2)17-5-7-18(8-6-17)22-11-13-25-14-12-22/h1,5-10,15,23H,11-14H2,2-3H3. The maximum absolute atomic E-state index is 11.2. The first-order chi connectivity index (χ1) is 12.1. The molecule has 2 aromatic carbocycles. The molecule has 0 spiro atoms. The minimum Gasteiger partial charge on any atom is -0.497 e. The van der Waals surface area contributed by atoms with Crippen molar-refractivity contribution in [2.45, 2.75) is 12.5 Å². The Kier molecular flexibility index (Phi) is 4.98. The molecule has 2 aromatic rings. The molecule has 0 aliphatic carbocycles. The summed E-state index contributed by atoms with van der Waals surface area (Å²) in [6.45, 7) is 5.14. The minimum atomic E-state index is -1.47. The van der Waals surface area contributed by atoms with Crippen molar-refractivity contribution in [1.82, 2.24) is 0 Å². The number of morpholine rings is 1. The Morgan fingerprint density at radius 3 is 2.40 bits per heavy atom. The van der Waals surface area contributed by atoms with Gasteiger partial charge in [-0.05, 0) is 36.8 Å². The lowest BCUT2D eigenvalue weighted by molar-refractivity contribution is 0.122. The number of hydrogen-bond donors (Lipinski definition) is 1. The van der Waals surface area contributed by atoms with E-state index in [0.717, 1.165) is 43.3 Å². The summed E-state index contributed by atoms with van der Waals surface area (Å²) in [6, 6.07) is 13.3. The van der Waals surface area contributed by atoms with E-state index in [1.807, 2.05) is 49.4 Å². The van der Waals surface area contributed by atoms with E-state index in [9.17, 15) is 5.11 Å². The van der Waals surface area contributed by atoms with Crippen LogP contribution in [-0.2, 0) is 10.3 Å². The van der Waals surface area contributed by atoms with E-state index in [2.05, 4.69) is 10.8 Å².